The van der Waals surface area contributed by atoms with Crippen LogP contribution in [0.3, 0.4) is 0 Å². The highest BCUT2D eigenvalue weighted by Crippen LogP contribution is 2.22. The SMILES string of the molecule is CCC1CCCN(CC(NC2CC2)C(=O)O)CC1. The summed E-state index contributed by atoms with van der Waals surface area (Å²) < 4.78 is 0. The summed E-state index contributed by atoms with van der Waals surface area (Å²) in [6.45, 7) is 5.05. The fourth-order valence-electron chi connectivity index (χ4n) is 2.81. The lowest BCUT2D eigenvalue weighted by molar-refractivity contribution is -0.140. The van der Waals surface area contributed by atoms with Crippen molar-refractivity contribution in [2.24, 2.45) is 5.92 Å². The topological polar surface area (TPSA) is 52.6 Å². The van der Waals surface area contributed by atoms with Crippen LogP contribution in [0.25, 0.3) is 0 Å². The summed E-state index contributed by atoms with van der Waals surface area (Å²) in [5, 5.41) is 12.5. The summed E-state index contributed by atoms with van der Waals surface area (Å²) >= 11 is 0. The number of hydrogen-bond donors (Lipinski definition) is 2. The number of nitrogens with one attached hydrogen (secondary N) is 1. The molecule has 4 heteroatoms. The van der Waals surface area contributed by atoms with Crippen LogP contribution in [0.2, 0.25) is 0 Å². The lowest BCUT2D eigenvalue weighted by atomic mass is 9.98. The van der Waals surface area contributed by atoms with Crippen molar-refractivity contribution in [2.75, 3.05) is 19.6 Å². The van der Waals surface area contributed by atoms with Gasteiger partial charge in [0.05, 0.1) is 0 Å². The zero-order chi connectivity index (χ0) is 13.0. The van der Waals surface area contributed by atoms with Gasteiger partial charge in [0.1, 0.15) is 6.04 Å². The molecule has 104 valence electrons. The molecule has 0 aromatic heterocycles. The third kappa shape index (κ3) is 4.25. The van der Waals surface area contributed by atoms with E-state index in [9.17, 15) is 9.90 Å². The summed E-state index contributed by atoms with van der Waals surface area (Å²) in [5.74, 6) is 0.146. The fraction of sp³-hybridized carbons (Fsp3) is 0.929. The van der Waals surface area contributed by atoms with E-state index in [1.54, 1.807) is 0 Å². The normalized spacial score (nSPS) is 27.7. The van der Waals surface area contributed by atoms with E-state index in [2.05, 4.69) is 17.1 Å². The first-order valence-corrected chi connectivity index (χ1v) is 7.40. The lowest BCUT2D eigenvalue weighted by Gasteiger charge is -2.24. The average Bonchev–Trinajstić information content (AvgIpc) is 3.15. The highest BCUT2D eigenvalue weighted by atomic mass is 16.4. The van der Waals surface area contributed by atoms with Crippen LogP contribution in [0, 0.1) is 5.92 Å². The Bertz CT molecular complexity index is 279. The van der Waals surface area contributed by atoms with Gasteiger partial charge in [-0.15, -0.1) is 0 Å². The van der Waals surface area contributed by atoms with Crippen LogP contribution in [0.1, 0.15) is 45.4 Å². The molecule has 2 atom stereocenters. The fourth-order valence-corrected chi connectivity index (χ4v) is 2.81. The van der Waals surface area contributed by atoms with Gasteiger partial charge in [-0.25, -0.2) is 0 Å². The molecule has 4 nitrogen and oxygen atoms in total. The Morgan fingerprint density at radius 1 is 1.33 bits per heavy atom. The number of rotatable bonds is 6. The smallest absolute Gasteiger partial charge is 0.322 e. The predicted octanol–water partition coefficient (Wildman–Crippen LogP) is 1.70. The molecule has 1 aliphatic carbocycles. The van der Waals surface area contributed by atoms with Crippen LogP contribution < -0.4 is 5.32 Å². The maximum absolute atomic E-state index is 11.3. The van der Waals surface area contributed by atoms with E-state index in [-0.39, 0.29) is 6.04 Å². The van der Waals surface area contributed by atoms with Gasteiger partial charge in [0.15, 0.2) is 0 Å². The van der Waals surface area contributed by atoms with Gasteiger partial charge in [-0.05, 0) is 51.1 Å². The molecule has 2 unspecified atom stereocenters. The van der Waals surface area contributed by atoms with Crippen LogP contribution in [-0.4, -0.2) is 47.7 Å². The molecule has 0 radical (unpaired) electrons. The van der Waals surface area contributed by atoms with Gasteiger partial charge in [-0.3, -0.25) is 4.79 Å². The minimum atomic E-state index is -0.696. The molecule has 0 aromatic carbocycles. The first-order valence-electron chi connectivity index (χ1n) is 7.40. The van der Waals surface area contributed by atoms with Crippen molar-refractivity contribution < 1.29 is 9.90 Å². The highest BCUT2D eigenvalue weighted by Gasteiger charge is 2.29. The van der Waals surface area contributed by atoms with Crippen LogP contribution in [0.5, 0.6) is 0 Å². The van der Waals surface area contributed by atoms with E-state index in [1.165, 1.54) is 25.7 Å². The standard InChI is InChI=1S/C14H26N2O2/c1-2-11-4-3-8-16(9-7-11)10-13(14(17)18)15-12-5-6-12/h11-13,15H,2-10H2,1H3,(H,17,18). The maximum Gasteiger partial charge on any atom is 0.322 e. The van der Waals surface area contributed by atoms with Crippen LogP contribution in [0.4, 0.5) is 0 Å². The Kier molecular flexibility index (Phi) is 5.01. The van der Waals surface area contributed by atoms with Crippen molar-refractivity contribution >= 4 is 5.97 Å². The lowest BCUT2D eigenvalue weighted by Crippen LogP contribution is -2.47. The highest BCUT2D eigenvalue weighted by molar-refractivity contribution is 5.73. The Morgan fingerprint density at radius 2 is 2.11 bits per heavy atom. The number of likely N-dealkylation sites (tertiary alicyclic amines) is 1. The maximum atomic E-state index is 11.3. The van der Waals surface area contributed by atoms with Crippen LogP contribution >= 0.6 is 0 Å². The molecule has 2 rings (SSSR count). The molecule has 0 bridgehead atoms. The average molecular weight is 254 g/mol. The zero-order valence-electron chi connectivity index (χ0n) is 11.4. The van der Waals surface area contributed by atoms with Crippen molar-refractivity contribution in [2.45, 2.75) is 57.5 Å². The number of hydrogen-bond acceptors (Lipinski definition) is 3. The number of carbonyl (C=O) groups is 1. The second-order valence-corrected chi connectivity index (χ2v) is 5.84. The third-order valence-electron chi connectivity index (χ3n) is 4.27. The summed E-state index contributed by atoms with van der Waals surface area (Å²) in [6.07, 6.45) is 7.29. The molecule has 2 N–H and O–H groups in total. The van der Waals surface area contributed by atoms with E-state index in [0.717, 1.165) is 31.8 Å². The van der Waals surface area contributed by atoms with Gasteiger partial charge in [0.25, 0.3) is 0 Å². The molecule has 2 aliphatic rings. The van der Waals surface area contributed by atoms with Gasteiger partial charge in [0.2, 0.25) is 0 Å². The summed E-state index contributed by atoms with van der Waals surface area (Å²) in [6, 6.07) is 0.0807. The molecule has 18 heavy (non-hydrogen) atoms. The van der Waals surface area contributed by atoms with Gasteiger partial charge in [-0.1, -0.05) is 13.3 Å². The second-order valence-electron chi connectivity index (χ2n) is 5.84. The summed E-state index contributed by atoms with van der Waals surface area (Å²) in [4.78, 5) is 13.6. The van der Waals surface area contributed by atoms with Crippen molar-refractivity contribution in [1.29, 1.82) is 0 Å². The van der Waals surface area contributed by atoms with Crippen molar-refractivity contribution in [1.82, 2.24) is 10.2 Å². The molecule has 1 saturated carbocycles. The van der Waals surface area contributed by atoms with E-state index in [1.807, 2.05) is 0 Å². The van der Waals surface area contributed by atoms with Gasteiger partial charge >= 0.3 is 5.97 Å². The predicted molar refractivity (Wildman–Crippen MR) is 71.7 cm³/mol. The Hall–Kier alpha value is -0.610. The number of carboxylic acid groups (broad SMARTS) is 1. The minimum Gasteiger partial charge on any atom is -0.480 e. The Balaban J connectivity index is 1.80. The third-order valence-corrected chi connectivity index (χ3v) is 4.27. The quantitative estimate of drug-likeness (QED) is 0.757. The van der Waals surface area contributed by atoms with E-state index >= 15 is 0 Å². The van der Waals surface area contributed by atoms with Crippen molar-refractivity contribution in [3.05, 3.63) is 0 Å². The van der Waals surface area contributed by atoms with Crippen molar-refractivity contribution in [3.63, 3.8) is 0 Å². The molecular formula is C14H26N2O2. The number of aliphatic carboxylic acids is 1. The second kappa shape index (κ2) is 6.53. The molecular weight excluding hydrogens is 228 g/mol. The van der Waals surface area contributed by atoms with Crippen LogP contribution in [-0.2, 0) is 4.79 Å². The first-order chi connectivity index (χ1) is 8.69. The summed E-state index contributed by atoms with van der Waals surface area (Å²) in [5.41, 5.74) is 0. The van der Waals surface area contributed by atoms with Crippen LogP contribution in [0.15, 0.2) is 0 Å². The van der Waals surface area contributed by atoms with Gasteiger partial charge < -0.3 is 15.3 Å². The van der Waals surface area contributed by atoms with E-state index in [0.29, 0.717) is 12.6 Å². The Morgan fingerprint density at radius 3 is 2.72 bits per heavy atom. The van der Waals surface area contributed by atoms with Crippen molar-refractivity contribution in [3.8, 4) is 0 Å². The molecule has 1 heterocycles. The first kappa shape index (κ1) is 13.8. The Labute approximate surface area is 110 Å². The largest absolute Gasteiger partial charge is 0.480 e. The molecule has 0 spiro atoms. The molecule has 1 aliphatic heterocycles. The minimum absolute atomic E-state index is 0.379. The summed E-state index contributed by atoms with van der Waals surface area (Å²) in [7, 11) is 0. The van der Waals surface area contributed by atoms with Gasteiger partial charge in [0, 0.05) is 12.6 Å². The number of carboxylic acids is 1. The van der Waals surface area contributed by atoms with E-state index in [4.69, 9.17) is 0 Å². The monoisotopic (exact) mass is 254 g/mol. The number of nitrogens with zero attached hydrogens (tertiary/aromatic N) is 1. The molecule has 2 fully saturated rings. The van der Waals surface area contributed by atoms with Gasteiger partial charge in [-0.2, -0.15) is 0 Å². The molecule has 1 saturated heterocycles. The molecule has 0 amide bonds. The molecule has 0 aromatic rings. The zero-order valence-corrected chi connectivity index (χ0v) is 11.4. The van der Waals surface area contributed by atoms with E-state index < -0.39 is 5.97 Å².